The number of imidazole rings is 1. The number of amides is 1. The van der Waals surface area contributed by atoms with Gasteiger partial charge in [-0.15, -0.1) is 0 Å². The topological polar surface area (TPSA) is 67.0 Å². The lowest BCUT2D eigenvalue weighted by molar-refractivity contribution is -0.122. The van der Waals surface area contributed by atoms with Gasteiger partial charge in [0.1, 0.15) is 11.6 Å². The fraction of sp³-hybridized carbons (Fsp3) is 0.286. The van der Waals surface area contributed by atoms with Gasteiger partial charge < -0.3 is 15.0 Å². The van der Waals surface area contributed by atoms with Crippen LogP contribution in [0.5, 0.6) is 5.75 Å². The van der Waals surface area contributed by atoms with Crippen molar-refractivity contribution < 1.29 is 9.53 Å². The Morgan fingerprint density at radius 1 is 1.55 bits per heavy atom. The van der Waals surface area contributed by atoms with Gasteiger partial charge in [0.25, 0.3) is 0 Å². The summed E-state index contributed by atoms with van der Waals surface area (Å²) >= 11 is 5.84. The van der Waals surface area contributed by atoms with Crippen LogP contribution < -0.4 is 10.1 Å². The number of benzene rings is 1. The van der Waals surface area contributed by atoms with Crippen LogP contribution in [0, 0.1) is 0 Å². The Bertz CT molecular complexity index is 557. The molecule has 0 spiro atoms. The number of hydrogen-bond donors (Lipinski definition) is 2. The lowest BCUT2D eigenvalue weighted by Crippen LogP contribution is -2.28. The van der Waals surface area contributed by atoms with Crippen LogP contribution in [0.25, 0.3) is 0 Å². The minimum absolute atomic E-state index is 0.0871. The van der Waals surface area contributed by atoms with E-state index in [0.29, 0.717) is 17.4 Å². The first-order valence-electron chi connectivity index (χ1n) is 6.32. The van der Waals surface area contributed by atoms with E-state index in [0.717, 1.165) is 5.82 Å². The Balaban J connectivity index is 1.73. The smallest absolute Gasteiger partial charge is 0.224 e. The summed E-state index contributed by atoms with van der Waals surface area (Å²) in [6.07, 6.45) is 3.65. The van der Waals surface area contributed by atoms with E-state index in [-0.39, 0.29) is 18.4 Å². The molecule has 106 valence electrons. The van der Waals surface area contributed by atoms with Crippen LogP contribution in [0.15, 0.2) is 36.7 Å². The summed E-state index contributed by atoms with van der Waals surface area (Å²) in [5, 5.41) is 3.45. The van der Waals surface area contributed by atoms with Crippen molar-refractivity contribution in [3.8, 4) is 5.75 Å². The van der Waals surface area contributed by atoms with Gasteiger partial charge in [-0.1, -0.05) is 17.7 Å². The van der Waals surface area contributed by atoms with E-state index in [4.69, 9.17) is 16.3 Å². The van der Waals surface area contributed by atoms with E-state index in [1.54, 1.807) is 36.7 Å². The van der Waals surface area contributed by atoms with Gasteiger partial charge in [-0.2, -0.15) is 0 Å². The Kier molecular flexibility index (Phi) is 5.01. The molecule has 1 heterocycles. The molecule has 2 N–H and O–H groups in total. The largest absolute Gasteiger partial charge is 0.493 e. The van der Waals surface area contributed by atoms with Crippen LogP contribution in [-0.2, 0) is 4.79 Å². The summed E-state index contributed by atoms with van der Waals surface area (Å²) < 4.78 is 5.46. The van der Waals surface area contributed by atoms with Gasteiger partial charge in [0.2, 0.25) is 5.91 Å². The van der Waals surface area contributed by atoms with Crippen molar-refractivity contribution in [2.75, 3.05) is 6.61 Å². The van der Waals surface area contributed by atoms with Gasteiger partial charge >= 0.3 is 0 Å². The van der Waals surface area contributed by atoms with Crippen LogP contribution >= 0.6 is 11.6 Å². The molecule has 1 aromatic heterocycles. The third kappa shape index (κ3) is 4.28. The Labute approximate surface area is 122 Å². The fourth-order valence-corrected chi connectivity index (χ4v) is 1.89. The highest BCUT2D eigenvalue weighted by atomic mass is 35.5. The number of hydrogen-bond acceptors (Lipinski definition) is 3. The molecule has 0 radical (unpaired) electrons. The number of nitrogens with zero attached hydrogens (tertiary/aromatic N) is 1. The SMILES string of the molecule is CC(NC(=O)CCOc1cccc(Cl)c1)c1ncc[nH]1. The van der Waals surface area contributed by atoms with Crippen molar-refractivity contribution in [1.82, 2.24) is 15.3 Å². The molecular weight excluding hydrogens is 278 g/mol. The maximum absolute atomic E-state index is 11.7. The molecule has 2 aromatic rings. The summed E-state index contributed by atoms with van der Waals surface area (Å²) in [6.45, 7) is 2.17. The van der Waals surface area contributed by atoms with Gasteiger partial charge in [0, 0.05) is 17.4 Å². The van der Waals surface area contributed by atoms with Crippen molar-refractivity contribution in [3.63, 3.8) is 0 Å². The third-order valence-electron chi connectivity index (χ3n) is 2.70. The minimum atomic E-state index is -0.149. The van der Waals surface area contributed by atoms with E-state index in [2.05, 4.69) is 15.3 Å². The number of aromatic amines is 1. The molecule has 5 nitrogen and oxygen atoms in total. The number of ether oxygens (including phenoxy) is 1. The summed E-state index contributed by atoms with van der Waals surface area (Å²) in [5.74, 6) is 1.30. The lowest BCUT2D eigenvalue weighted by Gasteiger charge is -2.12. The highest BCUT2D eigenvalue weighted by molar-refractivity contribution is 6.30. The number of aromatic nitrogens is 2. The third-order valence-corrected chi connectivity index (χ3v) is 2.94. The molecule has 0 aliphatic heterocycles. The van der Waals surface area contributed by atoms with Crippen LogP contribution in [0.2, 0.25) is 5.02 Å². The average Bonchev–Trinajstić information content (AvgIpc) is 2.92. The standard InChI is InChI=1S/C14H16ClN3O2/c1-10(14-16-6-7-17-14)18-13(19)5-8-20-12-4-2-3-11(15)9-12/h2-4,6-7,9-10H,5,8H2,1H3,(H,16,17)(H,18,19). The number of nitrogens with one attached hydrogen (secondary N) is 2. The molecule has 0 bridgehead atoms. The van der Waals surface area contributed by atoms with Gasteiger partial charge in [0.15, 0.2) is 0 Å². The second-order valence-electron chi connectivity index (χ2n) is 4.32. The van der Waals surface area contributed by atoms with Gasteiger partial charge in [-0.25, -0.2) is 4.98 Å². The molecule has 0 saturated heterocycles. The number of carbonyl (C=O) groups excluding carboxylic acids is 1. The quantitative estimate of drug-likeness (QED) is 0.860. The zero-order valence-corrected chi connectivity index (χ0v) is 11.9. The summed E-state index contributed by atoms with van der Waals surface area (Å²) in [4.78, 5) is 18.8. The molecule has 0 saturated carbocycles. The van der Waals surface area contributed by atoms with Crippen molar-refractivity contribution in [2.24, 2.45) is 0 Å². The zero-order chi connectivity index (χ0) is 14.4. The Morgan fingerprint density at radius 2 is 2.40 bits per heavy atom. The molecule has 0 aliphatic carbocycles. The van der Waals surface area contributed by atoms with Crippen molar-refractivity contribution in [1.29, 1.82) is 0 Å². The normalized spacial score (nSPS) is 11.9. The number of H-pyrrole nitrogens is 1. The zero-order valence-electron chi connectivity index (χ0n) is 11.1. The summed E-state index contributed by atoms with van der Waals surface area (Å²) in [5.41, 5.74) is 0. The number of carbonyl (C=O) groups is 1. The molecule has 0 fully saturated rings. The molecule has 1 unspecified atom stereocenters. The molecule has 2 rings (SSSR count). The van der Waals surface area contributed by atoms with E-state index in [9.17, 15) is 4.79 Å². The first-order valence-corrected chi connectivity index (χ1v) is 6.70. The van der Waals surface area contributed by atoms with E-state index >= 15 is 0 Å². The highest BCUT2D eigenvalue weighted by Gasteiger charge is 2.11. The summed E-state index contributed by atoms with van der Waals surface area (Å²) in [7, 11) is 0. The highest BCUT2D eigenvalue weighted by Crippen LogP contribution is 2.17. The predicted molar refractivity (Wildman–Crippen MR) is 76.7 cm³/mol. The second-order valence-corrected chi connectivity index (χ2v) is 4.76. The van der Waals surface area contributed by atoms with Crippen LogP contribution in [0.3, 0.4) is 0 Å². The van der Waals surface area contributed by atoms with Crippen molar-refractivity contribution in [2.45, 2.75) is 19.4 Å². The minimum Gasteiger partial charge on any atom is -0.493 e. The molecule has 20 heavy (non-hydrogen) atoms. The van der Waals surface area contributed by atoms with Crippen molar-refractivity contribution in [3.05, 3.63) is 47.5 Å². The van der Waals surface area contributed by atoms with E-state index < -0.39 is 0 Å². The van der Waals surface area contributed by atoms with E-state index in [1.807, 2.05) is 6.92 Å². The van der Waals surface area contributed by atoms with Crippen LogP contribution in [0.1, 0.15) is 25.2 Å². The Morgan fingerprint density at radius 3 is 3.10 bits per heavy atom. The first kappa shape index (κ1) is 14.4. The molecule has 1 aromatic carbocycles. The monoisotopic (exact) mass is 293 g/mol. The maximum atomic E-state index is 11.7. The second kappa shape index (κ2) is 6.96. The average molecular weight is 294 g/mol. The van der Waals surface area contributed by atoms with Crippen LogP contribution in [0.4, 0.5) is 0 Å². The lowest BCUT2D eigenvalue weighted by atomic mass is 10.3. The van der Waals surface area contributed by atoms with Gasteiger partial charge in [0.05, 0.1) is 19.1 Å². The molecule has 1 amide bonds. The summed E-state index contributed by atoms with van der Waals surface area (Å²) in [6, 6.07) is 6.94. The maximum Gasteiger partial charge on any atom is 0.224 e. The van der Waals surface area contributed by atoms with Gasteiger partial charge in [-0.3, -0.25) is 4.79 Å². The van der Waals surface area contributed by atoms with E-state index in [1.165, 1.54) is 0 Å². The van der Waals surface area contributed by atoms with Crippen LogP contribution in [-0.4, -0.2) is 22.5 Å². The fourth-order valence-electron chi connectivity index (χ4n) is 1.71. The van der Waals surface area contributed by atoms with Gasteiger partial charge in [-0.05, 0) is 25.1 Å². The molecular formula is C14H16ClN3O2. The molecule has 0 aliphatic rings. The number of rotatable bonds is 6. The molecule has 6 heteroatoms. The van der Waals surface area contributed by atoms with Crippen molar-refractivity contribution >= 4 is 17.5 Å². The predicted octanol–water partition coefficient (Wildman–Crippen LogP) is 2.71. The molecule has 1 atom stereocenters. The number of halogens is 1. The Hall–Kier alpha value is -2.01. The first-order chi connectivity index (χ1) is 9.65.